The first kappa shape index (κ1) is 26.2. The number of pyridine rings is 1. The van der Waals surface area contributed by atoms with E-state index in [-0.39, 0.29) is 23.1 Å². The number of rotatable bonds is 10. The van der Waals surface area contributed by atoms with Gasteiger partial charge in [0.05, 0.1) is 6.61 Å². The molecule has 0 bridgehead atoms. The fourth-order valence-electron chi connectivity index (χ4n) is 4.47. The van der Waals surface area contributed by atoms with Crippen molar-refractivity contribution >= 4 is 17.4 Å². The number of aromatic nitrogens is 7. The van der Waals surface area contributed by atoms with Crippen molar-refractivity contribution in [3.8, 4) is 22.5 Å². The van der Waals surface area contributed by atoms with Crippen LogP contribution in [0.15, 0.2) is 66.9 Å². The van der Waals surface area contributed by atoms with Gasteiger partial charge in [-0.05, 0) is 34.4 Å². The number of halogens is 1. The standard InChI is InChI=1S/C28H26ClN7O3/c1-2-3-8-24-30-27(29)25(26(38)23-14-11-19(17-37)16-36(23)39)35(24)15-18-9-12-20(13-10-18)21-6-4-5-7-22(21)28-31-33-34-32-28/h4-7,9-14,16,37H,2-3,8,15,17H2,1H3,(H,31,32,33,34). The van der Waals surface area contributed by atoms with Gasteiger partial charge in [-0.1, -0.05) is 73.5 Å². The van der Waals surface area contributed by atoms with Crippen molar-refractivity contribution in [1.82, 2.24) is 30.2 Å². The Morgan fingerprint density at radius 1 is 1.08 bits per heavy atom. The normalized spacial score (nSPS) is 11.2. The lowest BCUT2D eigenvalue weighted by molar-refractivity contribution is -0.608. The number of hydrogen-bond donors (Lipinski definition) is 2. The van der Waals surface area contributed by atoms with Crippen LogP contribution in [0.1, 0.15) is 52.9 Å². The Morgan fingerprint density at radius 2 is 1.82 bits per heavy atom. The van der Waals surface area contributed by atoms with Gasteiger partial charge in [0, 0.05) is 30.2 Å². The molecular formula is C28H26ClN7O3. The van der Waals surface area contributed by atoms with Crippen LogP contribution in [0.2, 0.25) is 5.15 Å². The van der Waals surface area contributed by atoms with Crippen molar-refractivity contribution < 1.29 is 14.6 Å². The summed E-state index contributed by atoms with van der Waals surface area (Å²) in [5.41, 5.74) is 4.20. The van der Waals surface area contributed by atoms with Crippen molar-refractivity contribution in [3.63, 3.8) is 0 Å². The number of imidazole rings is 1. The summed E-state index contributed by atoms with van der Waals surface area (Å²) in [5.74, 6) is 0.663. The zero-order valence-electron chi connectivity index (χ0n) is 21.2. The van der Waals surface area contributed by atoms with Gasteiger partial charge in [0.25, 0.3) is 11.5 Å². The largest absolute Gasteiger partial charge is 0.618 e. The van der Waals surface area contributed by atoms with E-state index < -0.39 is 5.78 Å². The Labute approximate surface area is 229 Å². The number of unbranched alkanes of at least 4 members (excludes halogenated alkanes) is 1. The molecule has 2 N–H and O–H groups in total. The number of nitrogens with one attached hydrogen (secondary N) is 1. The van der Waals surface area contributed by atoms with Crippen LogP contribution in [-0.4, -0.2) is 41.1 Å². The van der Waals surface area contributed by atoms with Gasteiger partial charge >= 0.3 is 0 Å². The average molecular weight is 544 g/mol. The number of hydrogen-bond acceptors (Lipinski definition) is 7. The lowest BCUT2D eigenvalue weighted by Gasteiger charge is -2.13. The van der Waals surface area contributed by atoms with Crippen molar-refractivity contribution in [2.75, 3.05) is 0 Å². The zero-order chi connectivity index (χ0) is 27.4. The second-order valence-corrected chi connectivity index (χ2v) is 9.43. The number of aryl methyl sites for hydroxylation is 1. The monoisotopic (exact) mass is 543 g/mol. The van der Waals surface area contributed by atoms with E-state index in [0.717, 1.165) is 35.1 Å². The van der Waals surface area contributed by atoms with E-state index in [9.17, 15) is 15.1 Å². The van der Waals surface area contributed by atoms with Gasteiger partial charge < -0.3 is 14.9 Å². The number of nitrogens with zero attached hydrogens (tertiary/aromatic N) is 6. The number of benzene rings is 2. The molecule has 0 aliphatic carbocycles. The third kappa shape index (κ3) is 5.43. The fourth-order valence-corrected chi connectivity index (χ4v) is 4.76. The third-order valence-electron chi connectivity index (χ3n) is 6.48. The molecule has 198 valence electrons. The minimum Gasteiger partial charge on any atom is -0.618 e. The molecule has 0 aliphatic heterocycles. The molecule has 5 aromatic rings. The van der Waals surface area contributed by atoms with Crippen LogP contribution in [0.25, 0.3) is 22.5 Å². The second-order valence-electron chi connectivity index (χ2n) is 9.07. The molecule has 3 aromatic heterocycles. The summed E-state index contributed by atoms with van der Waals surface area (Å²) in [6, 6.07) is 18.7. The van der Waals surface area contributed by atoms with E-state index in [2.05, 4.69) is 32.5 Å². The van der Waals surface area contributed by atoms with Crippen molar-refractivity contribution in [1.29, 1.82) is 0 Å². The number of aromatic amines is 1. The quantitative estimate of drug-likeness (QED) is 0.153. The molecule has 10 nitrogen and oxygen atoms in total. The summed E-state index contributed by atoms with van der Waals surface area (Å²) in [4.78, 5) is 18.0. The smallest absolute Gasteiger partial charge is 0.277 e. The van der Waals surface area contributed by atoms with Crippen LogP contribution in [0.3, 0.4) is 0 Å². The molecule has 0 radical (unpaired) electrons. The number of carbonyl (C=O) groups is 1. The maximum Gasteiger partial charge on any atom is 0.277 e. The number of H-pyrrole nitrogens is 1. The number of carbonyl (C=O) groups excluding carboxylic acids is 1. The molecule has 0 saturated heterocycles. The summed E-state index contributed by atoms with van der Waals surface area (Å²) in [6.07, 6.45) is 3.65. The summed E-state index contributed by atoms with van der Waals surface area (Å²) in [5, 5.41) is 36.3. The van der Waals surface area contributed by atoms with Crippen LogP contribution in [0.5, 0.6) is 0 Å². The van der Waals surface area contributed by atoms with Gasteiger partial charge in [-0.25, -0.2) is 4.98 Å². The highest BCUT2D eigenvalue weighted by atomic mass is 35.5. The van der Waals surface area contributed by atoms with Crippen LogP contribution in [0.4, 0.5) is 0 Å². The number of aliphatic hydroxyl groups is 1. The molecule has 0 unspecified atom stereocenters. The zero-order valence-corrected chi connectivity index (χ0v) is 22.0. The van der Waals surface area contributed by atoms with Gasteiger partial charge in [-0.3, -0.25) is 4.79 Å². The summed E-state index contributed by atoms with van der Waals surface area (Å²) in [6.45, 7) is 2.13. The number of aliphatic hydroxyl groups excluding tert-OH is 1. The van der Waals surface area contributed by atoms with Crippen LogP contribution in [0, 0.1) is 5.21 Å². The minimum absolute atomic E-state index is 0.0583. The number of tetrazole rings is 1. The summed E-state index contributed by atoms with van der Waals surface area (Å²) < 4.78 is 2.26. The van der Waals surface area contributed by atoms with Gasteiger partial charge in [-0.15, -0.1) is 10.2 Å². The highest BCUT2D eigenvalue weighted by Crippen LogP contribution is 2.30. The molecule has 0 atom stereocenters. The molecule has 39 heavy (non-hydrogen) atoms. The van der Waals surface area contributed by atoms with Crippen molar-refractivity contribution in [3.05, 3.63) is 106 Å². The van der Waals surface area contributed by atoms with Gasteiger partial charge in [0.1, 0.15) is 11.5 Å². The van der Waals surface area contributed by atoms with E-state index in [0.29, 0.717) is 34.9 Å². The average Bonchev–Trinajstić information content (AvgIpc) is 3.60. The maximum absolute atomic E-state index is 13.5. The molecule has 11 heteroatoms. The first-order valence-electron chi connectivity index (χ1n) is 12.5. The van der Waals surface area contributed by atoms with Crippen molar-refractivity contribution in [2.45, 2.75) is 39.3 Å². The Morgan fingerprint density at radius 3 is 2.49 bits per heavy atom. The van der Waals surface area contributed by atoms with Gasteiger partial charge in [0.15, 0.2) is 11.3 Å². The molecule has 0 saturated carbocycles. The minimum atomic E-state index is -0.527. The topological polar surface area (TPSA) is 137 Å². The Balaban J connectivity index is 1.49. The molecule has 5 rings (SSSR count). The lowest BCUT2D eigenvalue weighted by atomic mass is 9.98. The van der Waals surface area contributed by atoms with Crippen LogP contribution in [-0.2, 0) is 19.6 Å². The maximum atomic E-state index is 13.5. The molecule has 0 fully saturated rings. The first-order valence-corrected chi connectivity index (χ1v) is 12.9. The highest BCUT2D eigenvalue weighted by Gasteiger charge is 2.28. The van der Waals surface area contributed by atoms with Gasteiger partial charge in [-0.2, -0.15) is 9.94 Å². The molecule has 0 spiro atoms. The molecule has 2 aromatic carbocycles. The molecular weight excluding hydrogens is 518 g/mol. The van der Waals surface area contributed by atoms with E-state index in [1.165, 1.54) is 12.3 Å². The molecule has 0 amide bonds. The predicted molar refractivity (Wildman–Crippen MR) is 145 cm³/mol. The van der Waals surface area contributed by atoms with E-state index >= 15 is 0 Å². The third-order valence-corrected chi connectivity index (χ3v) is 6.75. The fraction of sp³-hybridized carbons (Fsp3) is 0.214. The van der Waals surface area contributed by atoms with Crippen LogP contribution < -0.4 is 4.73 Å². The number of ketones is 1. The summed E-state index contributed by atoms with van der Waals surface area (Å²) >= 11 is 6.50. The first-order chi connectivity index (χ1) is 19.0. The second kappa shape index (κ2) is 11.5. The van der Waals surface area contributed by atoms with E-state index in [4.69, 9.17) is 11.6 Å². The van der Waals surface area contributed by atoms with E-state index in [1.807, 2.05) is 48.5 Å². The highest BCUT2D eigenvalue weighted by molar-refractivity contribution is 6.33. The SMILES string of the molecule is CCCCc1nc(Cl)c(C(=O)c2ccc(CO)c[n+]2[O-])n1Cc1ccc(-c2ccccc2-c2nn[nH]n2)cc1. The molecule has 3 heterocycles. The predicted octanol–water partition coefficient (Wildman–Crippen LogP) is 4.13. The summed E-state index contributed by atoms with van der Waals surface area (Å²) in [7, 11) is 0. The van der Waals surface area contributed by atoms with E-state index in [1.54, 1.807) is 10.6 Å². The Kier molecular flexibility index (Phi) is 7.76. The lowest BCUT2D eigenvalue weighted by Crippen LogP contribution is -2.35. The Bertz CT molecular complexity index is 1600. The van der Waals surface area contributed by atoms with Crippen LogP contribution >= 0.6 is 11.6 Å². The Hall–Kier alpha value is -4.41. The van der Waals surface area contributed by atoms with Gasteiger partial charge in [0.2, 0.25) is 5.82 Å². The van der Waals surface area contributed by atoms with Crippen molar-refractivity contribution in [2.24, 2.45) is 0 Å². The molecule has 0 aliphatic rings.